The highest BCUT2D eigenvalue weighted by Gasteiger charge is 2.41. The Morgan fingerprint density at radius 2 is 1.64 bits per heavy atom. The first-order chi connectivity index (χ1) is 12.8. The van der Waals surface area contributed by atoms with Crippen LogP contribution in [0.3, 0.4) is 0 Å². The van der Waals surface area contributed by atoms with Gasteiger partial charge in [-0.2, -0.15) is 34.8 Å². The van der Waals surface area contributed by atoms with E-state index in [1.54, 1.807) is 0 Å². The quantitative estimate of drug-likeness (QED) is 0.553. The number of anilines is 2. The standard InChI is InChI=1S/C15H13F6N3O3S/c1-28(25,26)27-11-7-23(10-4-2-9(3-5-10)14(16,17)18)12-6-22-13(15(19,20)21)24(12)8-11/h2-6,11H,7-8H2,1H3. The van der Waals surface area contributed by atoms with Gasteiger partial charge >= 0.3 is 12.4 Å². The normalized spacial score (nSPS) is 18.2. The molecule has 0 fully saturated rings. The van der Waals surface area contributed by atoms with Crippen LogP contribution < -0.4 is 4.90 Å². The van der Waals surface area contributed by atoms with Crippen LogP contribution in [-0.2, 0) is 33.2 Å². The average molecular weight is 429 g/mol. The Kier molecular flexibility index (Phi) is 4.86. The molecule has 0 spiro atoms. The number of hydrogen-bond donors (Lipinski definition) is 0. The number of alkyl halides is 6. The molecule has 1 aliphatic heterocycles. The second kappa shape index (κ2) is 6.65. The van der Waals surface area contributed by atoms with Gasteiger partial charge in [-0.1, -0.05) is 0 Å². The number of fused-ring (bicyclic) bond motifs is 1. The van der Waals surface area contributed by atoms with Gasteiger partial charge in [0.05, 0.1) is 31.1 Å². The van der Waals surface area contributed by atoms with E-state index in [9.17, 15) is 34.8 Å². The lowest BCUT2D eigenvalue weighted by molar-refractivity contribution is -0.147. The summed E-state index contributed by atoms with van der Waals surface area (Å²) in [4.78, 5) is 4.57. The van der Waals surface area contributed by atoms with Crippen molar-refractivity contribution >= 4 is 21.6 Å². The molecule has 0 N–H and O–H groups in total. The number of benzene rings is 1. The molecule has 0 aliphatic carbocycles. The molecule has 0 bridgehead atoms. The molecule has 6 nitrogen and oxygen atoms in total. The molecular weight excluding hydrogens is 416 g/mol. The van der Waals surface area contributed by atoms with Crippen LogP contribution in [0.25, 0.3) is 0 Å². The van der Waals surface area contributed by atoms with Crippen molar-refractivity contribution in [3.8, 4) is 0 Å². The minimum atomic E-state index is -4.81. The monoisotopic (exact) mass is 429 g/mol. The van der Waals surface area contributed by atoms with Gasteiger partial charge in [-0.15, -0.1) is 0 Å². The molecule has 0 radical (unpaired) electrons. The first-order valence-corrected chi connectivity index (χ1v) is 9.53. The maximum Gasteiger partial charge on any atom is 0.449 e. The zero-order chi connectivity index (χ0) is 20.9. The van der Waals surface area contributed by atoms with E-state index < -0.39 is 46.5 Å². The highest BCUT2D eigenvalue weighted by molar-refractivity contribution is 7.86. The first kappa shape index (κ1) is 20.5. The summed E-state index contributed by atoms with van der Waals surface area (Å²) in [6, 6.07) is 3.72. The molecule has 1 unspecified atom stereocenters. The van der Waals surface area contributed by atoms with Crippen molar-refractivity contribution in [1.82, 2.24) is 9.55 Å². The van der Waals surface area contributed by atoms with Crippen molar-refractivity contribution in [2.75, 3.05) is 17.7 Å². The molecule has 2 aromatic rings. The summed E-state index contributed by atoms with van der Waals surface area (Å²) in [5.74, 6) is -1.30. The molecule has 13 heteroatoms. The number of hydrogen-bond acceptors (Lipinski definition) is 5. The third-order valence-corrected chi connectivity index (χ3v) is 4.58. The van der Waals surface area contributed by atoms with Crippen molar-refractivity contribution in [1.29, 1.82) is 0 Å². The highest BCUT2D eigenvalue weighted by atomic mass is 32.2. The summed E-state index contributed by atoms with van der Waals surface area (Å²) in [7, 11) is -3.98. The van der Waals surface area contributed by atoms with Crippen molar-refractivity contribution in [3.63, 3.8) is 0 Å². The molecule has 0 saturated heterocycles. The minimum Gasteiger partial charge on any atom is -0.324 e. The van der Waals surface area contributed by atoms with Gasteiger partial charge in [0.15, 0.2) is 0 Å². The summed E-state index contributed by atoms with van der Waals surface area (Å²) in [5, 5.41) is 0. The van der Waals surface area contributed by atoms with Crippen LogP contribution in [0.1, 0.15) is 11.4 Å². The van der Waals surface area contributed by atoms with Crippen LogP contribution in [-0.4, -0.2) is 36.9 Å². The third kappa shape index (κ3) is 4.24. The van der Waals surface area contributed by atoms with E-state index in [1.165, 1.54) is 4.90 Å². The van der Waals surface area contributed by atoms with Gasteiger partial charge in [-0.05, 0) is 24.3 Å². The van der Waals surface area contributed by atoms with Gasteiger partial charge in [-0.3, -0.25) is 4.18 Å². The fraction of sp³-hybridized carbons (Fsp3) is 0.400. The average Bonchev–Trinajstić information content (AvgIpc) is 2.96. The molecule has 1 aliphatic rings. The summed E-state index contributed by atoms with van der Waals surface area (Å²) in [6.45, 7) is -0.629. The molecule has 1 atom stereocenters. The molecule has 3 rings (SSSR count). The number of aromatic nitrogens is 2. The topological polar surface area (TPSA) is 64.4 Å². The predicted octanol–water partition coefficient (Wildman–Crippen LogP) is 3.42. The van der Waals surface area contributed by atoms with Gasteiger partial charge in [-0.25, -0.2) is 4.98 Å². The third-order valence-electron chi connectivity index (χ3n) is 3.95. The van der Waals surface area contributed by atoms with E-state index in [0.29, 0.717) is 0 Å². The van der Waals surface area contributed by atoms with Gasteiger partial charge in [0.2, 0.25) is 5.82 Å². The van der Waals surface area contributed by atoms with Crippen LogP contribution in [0.2, 0.25) is 0 Å². The molecule has 0 amide bonds. The highest BCUT2D eigenvalue weighted by Crippen LogP contribution is 2.38. The fourth-order valence-corrected chi connectivity index (χ4v) is 3.54. The van der Waals surface area contributed by atoms with Crippen molar-refractivity contribution in [2.24, 2.45) is 0 Å². The zero-order valence-corrected chi connectivity index (χ0v) is 14.9. The number of halogens is 6. The van der Waals surface area contributed by atoms with E-state index in [1.807, 2.05) is 0 Å². The maximum atomic E-state index is 13.2. The number of imidazole rings is 1. The van der Waals surface area contributed by atoms with Crippen molar-refractivity contribution in [2.45, 2.75) is 25.0 Å². The largest absolute Gasteiger partial charge is 0.449 e. The lowest BCUT2D eigenvalue weighted by Gasteiger charge is -2.35. The van der Waals surface area contributed by atoms with Gasteiger partial charge in [0, 0.05) is 5.69 Å². The smallest absolute Gasteiger partial charge is 0.324 e. The van der Waals surface area contributed by atoms with Gasteiger partial charge in [0.25, 0.3) is 10.1 Å². The van der Waals surface area contributed by atoms with Crippen LogP contribution in [0.4, 0.5) is 37.8 Å². The van der Waals surface area contributed by atoms with Crippen LogP contribution in [0, 0.1) is 0 Å². The lowest BCUT2D eigenvalue weighted by atomic mass is 10.1. The molecule has 28 heavy (non-hydrogen) atoms. The zero-order valence-electron chi connectivity index (χ0n) is 14.1. The number of rotatable bonds is 3. The van der Waals surface area contributed by atoms with Gasteiger partial charge in [0.1, 0.15) is 11.9 Å². The van der Waals surface area contributed by atoms with E-state index in [4.69, 9.17) is 4.18 Å². The van der Waals surface area contributed by atoms with Gasteiger partial charge < -0.3 is 9.47 Å². The Morgan fingerprint density at radius 1 is 1.04 bits per heavy atom. The molecule has 1 aromatic carbocycles. The summed E-state index contributed by atoms with van der Waals surface area (Å²) < 4.78 is 106. The van der Waals surface area contributed by atoms with Crippen LogP contribution in [0.15, 0.2) is 30.5 Å². The summed E-state index contributed by atoms with van der Waals surface area (Å²) >= 11 is 0. The van der Waals surface area contributed by atoms with Crippen LogP contribution in [0.5, 0.6) is 0 Å². The van der Waals surface area contributed by atoms with E-state index >= 15 is 0 Å². The predicted molar refractivity (Wildman–Crippen MR) is 85.4 cm³/mol. The van der Waals surface area contributed by atoms with Crippen molar-refractivity contribution in [3.05, 3.63) is 41.9 Å². The Bertz CT molecular complexity index is 966. The SMILES string of the molecule is CS(=O)(=O)OC1CN(c2ccc(C(F)(F)F)cc2)c2cnc(C(F)(F)F)n2C1. The van der Waals surface area contributed by atoms with E-state index in [0.717, 1.165) is 41.3 Å². The first-order valence-electron chi connectivity index (χ1n) is 7.71. The Morgan fingerprint density at radius 3 is 2.14 bits per heavy atom. The summed E-state index contributed by atoms with van der Waals surface area (Å²) in [6.07, 6.45) is -8.90. The van der Waals surface area contributed by atoms with Crippen LogP contribution >= 0.6 is 0 Å². The summed E-state index contributed by atoms with van der Waals surface area (Å²) in [5.41, 5.74) is -0.800. The van der Waals surface area contributed by atoms with Crippen molar-refractivity contribution < 1.29 is 38.9 Å². The lowest BCUT2D eigenvalue weighted by Crippen LogP contribution is -2.41. The van der Waals surface area contributed by atoms with E-state index in [-0.39, 0.29) is 18.1 Å². The molecule has 2 heterocycles. The second-order valence-corrected chi connectivity index (χ2v) is 7.73. The Labute approximate surface area is 155 Å². The Balaban J connectivity index is 2.04. The Hall–Kier alpha value is -2.28. The molecular formula is C15H13F6N3O3S. The minimum absolute atomic E-state index is 0.0413. The number of nitrogens with zero attached hydrogens (tertiary/aromatic N) is 3. The van der Waals surface area contributed by atoms with E-state index in [2.05, 4.69) is 4.98 Å². The maximum absolute atomic E-state index is 13.2. The fourth-order valence-electron chi connectivity index (χ4n) is 2.92. The second-order valence-electron chi connectivity index (χ2n) is 6.13. The molecule has 154 valence electrons. The molecule has 0 saturated carbocycles. The molecule has 1 aromatic heterocycles.